The molecule has 236 valence electrons. The van der Waals surface area contributed by atoms with Gasteiger partial charge in [-0.05, 0) is 61.0 Å². The van der Waals surface area contributed by atoms with Crippen LogP contribution in [0.2, 0.25) is 0 Å². The van der Waals surface area contributed by atoms with Crippen molar-refractivity contribution in [1.29, 1.82) is 0 Å². The number of carbonyl (C=O) groups is 1. The Bertz CT molecular complexity index is 1710. The minimum absolute atomic E-state index is 0.00365. The molecule has 1 heterocycles. The van der Waals surface area contributed by atoms with E-state index in [0.29, 0.717) is 56.3 Å². The molecule has 0 spiro atoms. The summed E-state index contributed by atoms with van der Waals surface area (Å²) in [5.41, 5.74) is 2.50. The van der Waals surface area contributed by atoms with Crippen LogP contribution in [0.15, 0.2) is 76.5 Å². The van der Waals surface area contributed by atoms with E-state index in [1.807, 2.05) is 11.8 Å². The first-order chi connectivity index (χ1) is 21.0. The zero-order valence-electron chi connectivity index (χ0n) is 25.1. The lowest BCUT2D eigenvalue weighted by molar-refractivity contribution is -0.111. The van der Waals surface area contributed by atoms with E-state index in [2.05, 4.69) is 5.32 Å². The van der Waals surface area contributed by atoms with Crippen molar-refractivity contribution in [1.82, 2.24) is 4.31 Å². The molecule has 11 nitrogen and oxygen atoms in total. The molecule has 1 fully saturated rings. The van der Waals surface area contributed by atoms with Crippen molar-refractivity contribution < 1.29 is 35.3 Å². The number of aryl methyl sites for hydroxylation is 1. The van der Waals surface area contributed by atoms with Gasteiger partial charge in [0, 0.05) is 32.3 Å². The van der Waals surface area contributed by atoms with Gasteiger partial charge in [0.05, 0.1) is 36.6 Å². The highest BCUT2D eigenvalue weighted by Crippen LogP contribution is 2.33. The fourth-order valence-corrected chi connectivity index (χ4v) is 7.07. The summed E-state index contributed by atoms with van der Waals surface area (Å²) < 4.78 is 69.4. The summed E-state index contributed by atoms with van der Waals surface area (Å²) in [7, 11) is -6.46. The average molecular weight is 644 g/mol. The summed E-state index contributed by atoms with van der Waals surface area (Å²) in [6.45, 7) is 8.25. The number of hydrogen-bond acceptors (Lipinski definition) is 9. The van der Waals surface area contributed by atoms with E-state index in [9.17, 15) is 21.6 Å². The summed E-state index contributed by atoms with van der Waals surface area (Å²) in [6.07, 6.45) is 2.83. The summed E-state index contributed by atoms with van der Waals surface area (Å²) in [5.74, 6) is -0.332. The molecule has 0 radical (unpaired) electrons. The van der Waals surface area contributed by atoms with Crippen LogP contribution in [0, 0.1) is 6.92 Å². The van der Waals surface area contributed by atoms with Crippen molar-refractivity contribution in [3.05, 3.63) is 77.9 Å². The SMILES string of the molecule is CCN(CC)S(=O)(=O)c1ccc(N2CCOCC2)c(NC(=O)C=Cc2ccc(OS(=O)(=O)c3ccc(C)cc3)c(OC)c2)c1. The summed E-state index contributed by atoms with van der Waals surface area (Å²) in [4.78, 5) is 15.2. The van der Waals surface area contributed by atoms with Gasteiger partial charge in [0.2, 0.25) is 15.9 Å². The number of rotatable bonds is 12. The molecule has 44 heavy (non-hydrogen) atoms. The van der Waals surface area contributed by atoms with Crippen LogP contribution in [0.5, 0.6) is 11.5 Å². The molecule has 3 aromatic carbocycles. The molecule has 1 aliphatic rings. The highest BCUT2D eigenvalue weighted by Gasteiger charge is 2.25. The maximum Gasteiger partial charge on any atom is 0.339 e. The Hall–Kier alpha value is -3.91. The molecule has 1 amide bonds. The van der Waals surface area contributed by atoms with Crippen LogP contribution in [0.4, 0.5) is 11.4 Å². The number of carbonyl (C=O) groups excluding carboxylic acids is 1. The maximum absolute atomic E-state index is 13.2. The fourth-order valence-electron chi connectivity index (χ4n) is 4.64. The van der Waals surface area contributed by atoms with E-state index < -0.39 is 26.0 Å². The summed E-state index contributed by atoms with van der Waals surface area (Å²) in [6, 6.07) is 15.6. The molecule has 1 N–H and O–H groups in total. The van der Waals surface area contributed by atoms with Gasteiger partial charge in [-0.15, -0.1) is 0 Å². The largest absolute Gasteiger partial charge is 0.493 e. The van der Waals surface area contributed by atoms with E-state index in [1.54, 1.807) is 50.2 Å². The van der Waals surface area contributed by atoms with Crippen LogP contribution in [-0.4, -0.2) is 73.6 Å². The topological polar surface area (TPSA) is 132 Å². The van der Waals surface area contributed by atoms with Gasteiger partial charge in [-0.3, -0.25) is 4.79 Å². The number of nitrogens with zero attached hydrogens (tertiary/aromatic N) is 2. The molecule has 13 heteroatoms. The lowest BCUT2D eigenvalue weighted by atomic mass is 10.2. The van der Waals surface area contributed by atoms with Gasteiger partial charge < -0.3 is 23.9 Å². The van der Waals surface area contributed by atoms with Crippen LogP contribution in [0.3, 0.4) is 0 Å². The normalized spacial score (nSPS) is 14.2. The smallest absolute Gasteiger partial charge is 0.339 e. The second-order valence-corrected chi connectivity index (χ2v) is 13.4. The number of methoxy groups -OCH3 is 1. The number of ether oxygens (including phenoxy) is 2. The second-order valence-electron chi connectivity index (χ2n) is 9.95. The van der Waals surface area contributed by atoms with Gasteiger partial charge in [0.1, 0.15) is 4.90 Å². The Kier molecular flexibility index (Phi) is 10.7. The van der Waals surface area contributed by atoms with Crippen LogP contribution in [0.25, 0.3) is 6.08 Å². The number of nitrogens with one attached hydrogen (secondary N) is 1. The number of amides is 1. The van der Waals surface area contributed by atoms with Gasteiger partial charge in [0.15, 0.2) is 11.5 Å². The number of benzene rings is 3. The van der Waals surface area contributed by atoms with Crippen molar-refractivity contribution >= 4 is 43.5 Å². The Morgan fingerprint density at radius 3 is 2.23 bits per heavy atom. The fraction of sp³-hybridized carbons (Fsp3) is 0.323. The average Bonchev–Trinajstić information content (AvgIpc) is 3.01. The monoisotopic (exact) mass is 643 g/mol. The Balaban J connectivity index is 1.56. The first-order valence-electron chi connectivity index (χ1n) is 14.1. The van der Waals surface area contributed by atoms with Crippen molar-refractivity contribution in [2.75, 3.05) is 56.7 Å². The molecular weight excluding hydrogens is 606 g/mol. The van der Waals surface area contributed by atoms with Gasteiger partial charge in [-0.1, -0.05) is 37.6 Å². The quantitative estimate of drug-likeness (QED) is 0.227. The molecule has 0 unspecified atom stereocenters. The molecule has 0 aromatic heterocycles. The minimum Gasteiger partial charge on any atom is -0.493 e. The molecule has 1 aliphatic heterocycles. The van der Waals surface area contributed by atoms with Crippen molar-refractivity contribution in [2.24, 2.45) is 0 Å². The van der Waals surface area contributed by atoms with Crippen LogP contribution in [-0.2, 0) is 29.7 Å². The number of hydrogen-bond donors (Lipinski definition) is 1. The van der Waals surface area contributed by atoms with Gasteiger partial charge in [-0.25, -0.2) is 8.42 Å². The first kappa shape index (κ1) is 33.0. The molecule has 0 saturated carbocycles. The maximum atomic E-state index is 13.2. The molecular formula is C31H37N3O8S2. The number of sulfonamides is 1. The van der Waals surface area contributed by atoms with Gasteiger partial charge >= 0.3 is 10.1 Å². The van der Waals surface area contributed by atoms with Crippen molar-refractivity contribution in [2.45, 2.75) is 30.6 Å². The molecule has 1 saturated heterocycles. The standard InChI is InChI=1S/C31H37N3O8S2/c1-5-34(6-2)43(36,37)26-13-14-28(33-17-19-41-20-18-33)27(22-26)32-31(35)16-10-24-9-15-29(30(21-24)40-4)42-44(38,39)25-11-7-23(3)8-12-25/h7-16,21-22H,5-6,17-20H2,1-4H3,(H,32,35). The van der Waals surface area contributed by atoms with Crippen molar-refractivity contribution in [3.63, 3.8) is 0 Å². The number of morpholine rings is 1. The molecule has 0 aliphatic carbocycles. The van der Waals surface area contributed by atoms with Crippen LogP contribution in [0.1, 0.15) is 25.0 Å². The van der Waals surface area contributed by atoms with Crippen LogP contribution < -0.4 is 19.1 Å². The van der Waals surface area contributed by atoms with E-state index >= 15 is 0 Å². The summed E-state index contributed by atoms with van der Waals surface area (Å²) >= 11 is 0. The van der Waals surface area contributed by atoms with E-state index in [1.165, 1.54) is 47.8 Å². The minimum atomic E-state index is -4.09. The van der Waals surface area contributed by atoms with Crippen molar-refractivity contribution in [3.8, 4) is 11.5 Å². The zero-order valence-corrected chi connectivity index (χ0v) is 26.8. The summed E-state index contributed by atoms with van der Waals surface area (Å²) in [5, 5.41) is 2.83. The second kappa shape index (κ2) is 14.2. The molecule has 3 aromatic rings. The van der Waals surface area contributed by atoms with E-state index in [4.69, 9.17) is 13.7 Å². The predicted molar refractivity (Wildman–Crippen MR) is 169 cm³/mol. The predicted octanol–water partition coefficient (Wildman–Crippen LogP) is 4.29. The third-order valence-electron chi connectivity index (χ3n) is 7.04. The lowest BCUT2D eigenvalue weighted by Gasteiger charge is -2.31. The van der Waals surface area contributed by atoms with Crippen LogP contribution >= 0.6 is 0 Å². The molecule has 4 rings (SSSR count). The van der Waals surface area contributed by atoms with E-state index in [-0.39, 0.29) is 21.3 Å². The Labute approximate surface area is 259 Å². The third kappa shape index (κ3) is 7.78. The highest BCUT2D eigenvalue weighted by molar-refractivity contribution is 7.89. The Morgan fingerprint density at radius 1 is 0.932 bits per heavy atom. The molecule has 0 bridgehead atoms. The van der Waals surface area contributed by atoms with Gasteiger partial charge in [0.25, 0.3) is 0 Å². The molecule has 0 atom stereocenters. The lowest BCUT2D eigenvalue weighted by Crippen LogP contribution is -2.37. The zero-order chi connectivity index (χ0) is 31.9. The third-order valence-corrected chi connectivity index (χ3v) is 10.3. The highest BCUT2D eigenvalue weighted by atomic mass is 32.2. The first-order valence-corrected chi connectivity index (χ1v) is 17.0. The van der Waals surface area contributed by atoms with Gasteiger partial charge in [-0.2, -0.15) is 12.7 Å². The van der Waals surface area contributed by atoms with E-state index in [0.717, 1.165) is 5.56 Å². The Morgan fingerprint density at radius 2 is 1.59 bits per heavy atom. The number of anilines is 2.